The van der Waals surface area contributed by atoms with Crippen molar-refractivity contribution in [1.82, 2.24) is 9.55 Å². The number of rotatable bonds is 8. The van der Waals surface area contributed by atoms with Crippen molar-refractivity contribution >= 4 is 28.6 Å². The Morgan fingerprint density at radius 2 is 1.61 bits per heavy atom. The van der Waals surface area contributed by atoms with E-state index in [9.17, 15) is 31.1 Å². The SMILES string of the molecule is CC1(C)CC(n2c(Nc3ccc(OC(F)(F)F)cc3)nc3cc(CCC(=O)O)c(OC(F)(F)F)cc32)CC(C)(C)O1. The maximum absolute atomic E-state index is 13.3. The van der Waals surface area contributed by atoms with Gasteiger partial charge >= 0.3 is 18.7 Å². The van der Waals surface area contributed by atoms with Crippen LogP contribution in [0.5, 0.6) is 11.5 Å². The molecule has 14 heteroatoms. The maximum Gasteiger partial charge on any atom is 0.573 e. The molecule has 3 aromatic rings. The van der Waals surface area contributed by atoms with Gasteiger partial charge in [-0.05, 0) is 82.9 Å². The highest BCUT2D eigenvalue weighted by molar-refractivity contribution is 5.83. The summed E-state index contributed by atoms with van der Waals surface area (Å²) in [7, 11) is 0. The van der Waals surface area contributed by atoms with E-state index in [1.807, 2.05) is 27.7 Å². The molecule has 0 atom stereocenters. The molecule has 1 aromatic heterocycles. The number of anilines is 2. The van der Waals surface area contributed by atoms with Gasteiger partial charge in [-0.1, -0.05) is 0 Å². The number of benzene rings is 2. The lowest BCUT2D eigenvalue weighted by atomic mass is 9.85. The molecule has 224 valence electrons. The molecule has 0 bridgehead atoms. The van der Waals surface area contributed by atoms with E-state index in [0.717, 1.165) is 12.1 Å². The largest absolute Gasteiger partial charge is 0.573 e. The second kappa shape index (κ2) is 10.6. The zero-order chi connectivity index (χ0) is 30.4. The van der Waals surface area contributed by atoms with Crippen molar-refractivity contribution in [3.05, 3.63) is 42.0 Å². The van der Waals surface area contributed by atoms with Crippen molar-refractivity contribution in [2.45, 2.75) is 83.3 Å². The Bertz CT molecular complexity index is 1400. The highest BCUT2D eigenvalue weighted by Crippen LogP contribution is 2.45. The number of aliphatic carboxylic acids is 1. The van der Waals surface area contributed by atoms with Crippen LogP contribution < -0.4 is 14.8 Å². The number of imidazole rings is 1. The molecular weight excluding hydrogens is 560 g/mol. The molecule has 4 rings (SSSR count). The normalized spacial score (nSPS) is 17.4. The van der Waals surface area contributed by atoms with Gasteiger partial charge in [0.25, 0.3) is 0 Å². The number of ether oxygens (including phenoxy) is 3. The van der Waals surface area contributed by atoms with Gasteiger partial charge in [-0.3, -0.25) is 4.79 Å². The van der Waals surface area contributed by atoms with Crippen LogP contribution in [0.1, 0.15) is 58.6 Å². The van der Waals surface area contributed by atoms with E-state index < -0.39 is 47.8 Å². The summed E-state index contributed by atoms with van der Waals surface area (Å²) in [6.07, 6.45) is -9.62. The van der Waals surface area contributed by atoms with Crippen LogP contribution in [0.3, 0.4) is 0 Å². The van der Waals surface area contributed by atoms with E-state index in [1.165, 1.54) is 24.3 Å². The average molecular weight is 590 g/mol. The van der Waals surface area contributed by atoms with Crippen LogP contribution in [0.15, 0.2) is 36.4 Å². The fourth-order valence-electron chi connectivity index (χ4n) is 5.37. The molecule has 0 radical (unpaired) electrons. The minimum absolute atomic E-state index is 0.00899. The number of hydrogen-bond donors (Lipinski definition) is 2. The van der Waals surface area contributed by atoms with Crippen LogP contribution >= 0.6 is 0 Å². The van der Waals surface area contributed by atoms with E-state index in [4.69, 9.17) is 9.84 Å². The lowest BCUT2D eigenvalue weighted by Gasteiger charge is -2.46. The van der Waals surface area contributed by atoms with Crippen LogP contribution in [0, 0.1) is 0 Å². The van der Waals surface area contributed by atoms with Gasteiger partial charge in [0.15, 0.2) is 0 Å². The number of aromatic nitrogens is 2. The third-order valence-electron chi connectivity index (χ3n) is 6.42. The Morgan fingerprint density at radius 1 is 1.02 bits per heavy atom. The summed E-state index contributed by atoms with van der Waals surface area (Å²) in [5, 5.41) is 12.2. The summed E-state index contributed by atoms with van der Waals surface area (Å²) >= 11 is 0. The molecule has 0 aliphatic carbocycles. The molecule has 41 heavy (non-hydrogen) atoms. The molecule has 0 spiro atoms. The van der Waals surface area contributed by atoms with Crippen LogP contribution in [0.2, 0.25) is 0 Å². The number of hydrogen-bond acceptors (Lipinski definition) is 6. The summed E-state index contributed by atoms with van der Waals surface area (Å²) in [5.74, 6) is -1.95. The minimum atomic E-state index is -5.03. The van der Waals surface area contributed by atoms with Crippen molar-refractivity contribution in [2.24, 2.45) is 0 Å². The molecule has 1 aliphatic heterocycles. The first-order valence-electron chi connectivity index (χ1n) is 12.6. The van der Waals surface area contributed by atoms with Crippen molar-refractivity contribution in [3.8, 4) is 11.5 Å². The number of alkyl halides is 6. The number of fused-ring (bicyclic) bond motifs is 1. The molecular formula is C27H29F6N3O5. The van der Waals surface area contributed by atoms with E-state index >= 15 is 0 Å². The molecule has 0 saturated carbocycles. The molecule has 1 saturated heterocycles. The Balaban J connectivity index is 1.84. The second-order valence-electron chi connectivity index (χ2n) is 11.1. The van der Waals surface area contributed by atoms with E-state index in [1.54, 1.807) is 4.57 Å². The van der Waals surface area contributed by atoms with Crippen molar-refractivity contribution < 1.29 is 50.5 Å². The summed E-state index contributed by atoms with van der Waals surface area (Å²) in [5.41, 5.74) is -0.287. The number of carbonyl (C=O) groups is 1. The number of carboxylic acids is 1. The molecule has 0 amide bonds. The molecule has 1 fully saturated rings. The fourth-order valence-corrected chi connectivity index (χ4v) is 5.37. The summed E-state index contributed by atoms with van der Waals surface area (Å²) in [4.78, 5) is 15.7. The smallest absolute Gasteiger partial charge is 0.481 e. The number of nitrogens with zero attached hydrogens (tertiary/aromatic N) is 2. The zero-order valence-corrected chi connectivity index (χ0v) is 22.6. The number of halogens is 6. The van der Waals surface area contributed by atoms with Gasteiger partial charge in [-0.2, -0.15) is 0 Å². The molecule has 2 N–H and O–H groups in total. The van der Waals surface area contributed by atoms with Crippen LogP contribution in [-0.4, -0.2) is 44.6 Å². The highest BCUT2D eigenvalue weighted by Gasteiger charge is 2.41. The predicted molar refractivity (Wildman–Crippen MR) is 136 cm³/mol. The van der Waals surface area contributed by atoms with E-state index in [0.29, 0.717) is 24.0 Å². The Kier molecular flexibility index (Phi) is 7.84. The van der Waals surface area contributed by atoms with Crippen LogP contribution in [0.25, 0.3) is 11.0 Å². The number of nitrogens with one attached hydrogen (secondary N) is 1. The molecule has 2 heterocycles. The van der Waals surface area contributed by atoms with Crippen molar-refractivity contribution in [1.29, 1.82) is 0 Å². The lowest BCUT2D eigenvalue weighted by molar-refractivity contribution is -0.275. The molecule has 1 aliphatic rings. The number of aryl methyl sites for hydroxylation is 1. The fraction of sp³-hybridized carbons (Fsp3) is 0.481. The first kappa shape index (κ1) is 30.3. The van der Waals surface area contributed by atoms with Crippen molar-refractivity contribution in [3.63, 3.8) is 0 Å². The molecule has 2 aromatic carbocycles. The third kappa shape index (κ3) is 7.96. The van der Waals surface area contributed by atoms with Gasteiger partial charge in [0.2, 0.25) is 5.95 Å². The predicted octanol–water partition coefficient (Wildman–Crippen LogP) is 7.50. The Hall–Kier alpha value is -3.68. The molecule has 8 nitrogen and oxygen atoms in total. The van der Waals surface area contributed by atoms with Gasteiger partial charge in [0.05, 0.1) is 22.2 Å². The van der Waals surface area contributed by atoms with Crippen molar-refractivity contribution in [2.75, 3.05) is 5.32 Å². The van der Waals surface area contributed by atoms with Crippen LogP contribution in [0.4, 0.5) is 38.0 Å². The first-order valence-corrected chi connectivity index (χ1v) is 12.6. The summed E-state index contributed by atoms with van der Waals surface area (Å²) < 4.78 is 93.9. The van der Waals surface area contributed by atoms with Crippen LogP contribution in [-0.2, 0) is 16.0 Å². The zero-order valence-electron chi connectivity index (χ0n) is 22.6. The summed E-state index contributed by atoms with van der Waals surface area (Å²) in [6, 6.07) is 7.15. The van der Waals surface area contributed by atoms with Gasteiger partial charge in [-0.15, -0.1) is 26.3 Å². The number of carboxylic acid groups (broad SMARTS) is 1. The van der Waals surface area contributed by atoms with Gasteiger partial charge < -0.3 is 29.2 Å². The standard InChI is InChI=1S/C27H29F6N3O5/c1-24(2)13-17(14-25(3,4)41-24)36-20-12-21(40-27(31,32)33)15(5-10-22(37)38)11-19(20)35-23(36)34-16-6-8-18(9-7-16)39-26(28,29)30/h6-9,11-12,17H,5,10,13-14H2,1-4H3,(H,34,35)(H,37,38). The quantitative estimate of drug-likeness (QED) is 0.263. The monoisotopic (exact) mass is 589 g/mol. The molecule has 0 unspecified atom stereocenters. The Morgan fingerprint density at radius 3 is 2.15 bits per heavy atom. The highest BCUT2D eigenvalue weighted by atomic mass is 19.4. The van der Waals surface area contributed by atoms with E-state index in [-0.39, 0.29) is 29.5 Å². The maximum atomic E-state index is 13.3. The average Bonchev–Trinajstić information content (AvgIpc) is 3.11. The van der Waals surface area contributed by atoms with Gasteiger partial charge in [0, 0.05) is 24.2 Å². The summed E-state index contributed by atoms with van der Waals surface area (Å²) in [6.45, 7) is 7.59. The van der Waals surface area contributed by atoms with Gasteiger partial charge in [0.1, 0.15) is 11.5 Å². The Labute approximate surface area is 231 Å². The van der Waals surface area contributed by atoms with Gasteiger partial charge in [-0.25, -0.2) is 4.98 Å². The van der Waals surface area contributed by atoms with E-state index in [2.05, 4.69) is 19.8 Å². The third-order valence-corrected chi connectivity index (χ3v) is 6.42. The lowest BCUT2D eigenvalue weighted by Crippen LogP contribution is -2.45. The minimum Gasteiger partial charge on any atom is -0.481 e. The topological polar surface area (TPSA) is 94.8 Å². The second-order valence-corrected chi connectivity index (χ2v) is 11.1. The first-order chi connectivity index (χ1) is 18.8.